The van der Waals surface area contributed by atoms with Crippen molar-refractivity contribution < 1.29 is 4.79 Å². The minimum atomic E-state index is -0.0156. The van der Waals surface area contributed by atoms with E-state index < -0.39 is 0 Å². The molecule has 1 aromatic heterocycles. The SMILES string of the molecule is CN[C@H]1CCCN(C(=O)c2cc(Cl)sc2Cl)C1. The number of amides is 1. The van der Waals surface area contributed by atoms with Crippen LogP contribution in [0.4, 0.5) is 0 Å². The molecule has 1 amide bonds. The molecule has 1 aromatic rings. The second-order valence-corrected chi connectivity index (χ2v) is 6.40. The third-order valence-corrected chi connectivity index (χ3v) is 4.49. The summed E-state index contributed by atoms with van der Waals surface area (Å²) < 4.78 is 1.03. The van der Waals surface area contributed by atoms with Gasteiger partial charge in [0.2, 0.25) is 0 Å². The summed E-state index contributed by atoms with van der Waals surface area (Å²) in [5, 5.41) is 3.21. The minimum Gasteiger partial charge on any atom is -0.337 e. The number of hydrogen-bond donors (Lipinski definition) is 1. The van der Waals surface area contributed by atoms with Crippen molar-refractivity contribution in [2.75, 3.05) is 20.1 Å². The molecule has 1 aliphatic heterocycles. The van der Waals surface area contributed by atoms with Crippen molar-refractivity contribution in [3.05, 3.63) is 20.3 Å². The number of carbonyl (C=O) groups excluding carboxylic acids is 1. The molecule has 0 radical (unpaired) electrons. The van der Waals surface area contributed by atoms with E-state index in [9.17, 15) is 4.79 Å². The molecule has 94 valence electrons. The van der Waals surface area contributed by atoms with Crippen LogP contribution in [0.25, 0.3) is 0 Å². The molecule has 0 aromatic carbocycles. The van der Waals surface area contributed by atoms with Gasteiger partial charge in [0.05, 0.1) is 9.90 Å². The molecule has 3 nitrogen and oxygen atoms in total. The summed E-state index contributed by atoms with van der Waals surface area (Å²) in [4.78, 5) is 14.1. The van der Waals surface area contributed by atoms with E-state index in [1.807, 2.05) is 11.9 Å². The highest BCUT2D eigenvalue weighted by atomic mass is 35.5. The first-order valence-corrected chi connectivity index (χ1v) is 7.10. The molecule has 0 unspecified atom stereocenters. The highest BCUT2D eigenvalue weighted by molar-refractivity contribution is 7.20. The lowest BCUT2D eigenvalue weighted by Gasteiger charge is -2.32. The number of halogens is 2. The standard InChI is InChI=1S/C11H14Cl2N2OS/c1-14-7-3-2-4-15(6-7)11(16)8-5-9(12)17-10(8)13/h5,7,14H,2-4,6H2,1H3/t7-/m0/s1. The molecule has 0 bridgehead atoms. The van der Waals surface area contributed by atoms with Gasteiger partial charge in [0, 0.05) is 19.1 Å². The molecule has 1 aliphatic rings. The van der Waals surface area contributed by atoms with E-state index >= 15 is 0 Å². The van der Waals surface area contributed by atoms with E-state index in [-0.39, 0.29) is 5.91 Å². The van der Waals surface area contributed by atoms with Crippen LogP contribution in [-0.2, 0) is 0 Å². The molecule has 0 saturated carbocycles. The monoisotopic (exact) mass is 292 g/mol. The van der Waals surface area contributed by atoms with Crippen LogP contribution in [0.2, 0.25) is 8.67 Å². The Morgan fingerprint density at radius 3 is 2.94 bits per heavy atom. The molecule has 2 heterocycles. The number of nitrogens with one attached hydrogen (secondary N) is 1. The Kier molecular flexibility index (Phi) is 4.31. The number of hydrogen-bond acceptors (Lipinski definition) is 3. The Morgan fingerprint density at radius 1 is 1.59 bits per heavy atom. The van der Waals surface area contributed by atoms with Crippen LogP contribution in [0.5, 0.6) is 0 Å². The number of nitrogens with zero attached hydrogens (tertiary/aromatic N) is 1. The maximum Gasteiger partial charge on any atom is 0.256 e. The average Bonchev–Trinajstić information content (AvgIpc) is 2.67. The van der Waals surface area contributed by atoms with Crippen molar-refractivity contribution >= 4 is 40.4 Å². The Labute approximate surface area is 115 Å². The Bertz CT molecular complexity index is 422. The predicted octanol–water partition coefficient (Wildman–Crippen LogP) is 2.88. The fourth-order valence-corrected chi connectivity index (χ4v) is 3.50. The average molecular weight is 293 g/mol. The number of piperidine rings is 1. The summed E-state index contributed by atoms with van der Waals surface area (Å²) >= 11 is 13.1. The molecule has 17 heavy (non-hydrogen) atoms. The van der Waals surface area contributed by atoms with Gasteiger partial charge in [0.1, 0.15) is 4.34 Å². The van der Waals surface area contributed by atoms with Crippen molar-refractivity contribution in [2.45, 2.75) is 18.9 Å². The van der Waals surface area contributed by atoms with E-state index in [4.69, 9.17) is 23.2 Å². The topological polar surface area (TPSA) is 32.3 Å². The van der Waals surface area contributed by atoms with E-state index in [1.54, 1.807) is 6.07 Å². The summed E-state index contributed by atoms with van der Waals surface area (Å²) in [7, 11) is 1.92. The second-order valence-electron chi connectivity index (χ2n) is 4.12. The lowest BCUT2D eigenvalue weighted by molar-refractivity contribution is 0.0699. The fourth-order valence-electron chi connectivity index (χ4n) is 2.05. The molecular weight excluding hydrogens is 279 g/mol. The van der Waals surface area contributed by atoms with Gasteiger partial charge < -0.3 is 10.2 Å². The van der Waals surface area contributed by atoms with Crippen LogP contribution in [0.1, 0.15) is 23.2 Å². The van der Waals surface area contributed by atoms with Crippen molar-refractivity contribution in [1.29, 1.82) is 0 Å². The lowest BCUT2D eigenvalue weighted by Crippen LogP contribution is -2.46. The van der Waals surface area contributed by atoms with E-state index in [0.29, 0.717) is 20.3 Å². The van der Waals surface area contributed by atoms with Crippen molar-refractivity contribution in [1.82, 2.24) is 10.2 Å². The zero-order valence-corrected chi connectivity index (χ0v) is 11.8. The van der Waals surface area contributed by atoms with Gasteiger partial charge in [-0.15, -0.1) is 11.3 Å². The van der Waals surface area contributed by atoms with Crippen LogP contribution in [-0.4, -0.2) is 37.0 Å². The molecule has 1 atom stereocenters. The number of thiophene rings is 1. The fraction of sp³-hybridized carbons (Fsp3) is 0.545. The Hall–Kier alpha value is -0.290. The third-order valence-electron chi connectivity index (χ3n) is 3.00. The first-order valence-electron chi connectivity index (χ1n) is 5.53. The number of rotatable bonds is 2. The smallest absolute Gasteiger partial charge is 0.256 e. The van der Waals surface area contributed by atoms with Crippen molar-refractivity contribution in [3.8, 4) is 0 Å². The molecule has 2 rings (SSSR count). The summed E-state index contributed by atoms with van der Waals surface area (Å²) in [5.41, 5.74) is 0.526. The molecular formula is C11H14Cl2N2OS. The van der Waals surface area contributed by atoms with Gasteiger partial charge in [-0.2, -0.15) is 0 Å². The molecule has 1 N–H and O–H groups in total. The maximum absolute atomic E-state index is 12.3. The van der Waals surface area contributed by atoms with Gasteiger partial charge in [-0.05, 0) is 26.0 Å². The van der Waals surface area contributed by atoms with Crippen LogP contribution in [0.3, 0.4) is 0 Å². The van der Waals surface area contributed by atoms with Gasteiger partial charge in [0.15, 0.2) is 0 Å². The van der Waals surface area contributed by atoms with Crippen molar-refractivity contribution in [3.63, 3.8) is 0 Å². The molecule has 0 spiro atoms. The first-order chi connectivity index (χ1) is 8.11. The van der Waals surface area contributed by atoms with Gasteiger partial charge in [-0.3, -0.25) is 4.79 Å². The Morgan fingerprint density at radius 2 is 2.35 bits per heavy atom. The first kappa shape index (κ1) is 13.1. The minimum absolute atomic E-state index is 0.0156. The molecule has 1 fully saturated rings. The number of carbonyl (C=O) groups is 1. The Balaban J connectivity index is 2.12. The van der Waals surface area contributed by atoms with Crippen LogP contribution >= 0.6 is 34.5 Å². The third kappa shape index (κ3) is 2.94. The molecule has 6 heteroatoms. The van der Waals surface area contributed by atoms with E-state index in [0.717, 1.165) is 25.9 Å². The predicted molar refractivity (Wildman–Crippen MR) is 72.3 cm³/mol. The van der Waals surface area contributed by atoms with Gasteiger partial charge in [-0.25, -0.2) is 0 Å². The summed E-state index contributed by atoms with van der Waals surface area (Å²) in [6, 6.07) is 2.03. The highest BCUT2D eigenvalue weighted by Gasteiger charge is 2.25. The second kappa shape index (κ2) is 5.57. The normalized spacial score (nSPS) is 20.6. The summed E-state index contributed by atoms with van der Waals surface area (Å²) in [6.45, 7) is 1.53. The van der Waals surface area contributed by atoms with Gasteiger partial charge in [0.25, 0.3) is 5.91 Å². The molecule has 0 aliphatic carbocycles. The largest absolute Gasteiger partial charge is 0.337 e. The zero-order chi connectivity index (χ0) is 12.4. The molecule has 1 saturated heterocycles. The maximum atomic E-state index is 12.3. The van der Waals surface area contributed by atoms with E-state index in [2.05, 4.69) is 5.32 Å². The van der Waals surface area contributed by atoms with Gasteiger partial charge >= 0.3 is 0 Å². The van der Waals surface area contributed by atoms with Crippen molar-refractivity contribution in [2.24, 2.45) is 0 Å². The lowest BCUT2D eigenvalue weighted by atomic mass is 10.1. The van der Waals surface area contributed by atoms with Crippen LogP contribution in [0.15, 0.2) is 6.07 Å². The summed E-state index contributed by atoms with van der Waals surface area (Å²) in [5.74, 6) is -0.0156. The van der Waals surface area contributed by atoms with Crippen LogP contribution < -0.4 is 5.32 Å². The van der Waals surface area contributed by atoms with Crippen LogP contribution in [0, 0.1) is 0 Å². The zero-order valence-electron chi connectivity index (χ0n) is 9.50. The number of likely N-dealkylation sites (N-methyl/N-ethyl adjacent to an activating group) is 1. The highest BCUT2D eigenvalue weighted by Crippen LogP contribution is 2.32. The summed E-state index contributed by atoms with van der Waals surface area (Å²) in [6.07, 6.45) is 2.13. The number of likely N-dealkylation sites (tertiary alicyclic amines) is 1. The van der Waals surface area contributed by atoms with E-state index in [1.165, 1.54) is 11.3 Å². The quantitative estimate of drug-likeness (QED) is 0.909. The van der Waals surface area contributed by atoms with Gasteiger partial charge in [-0.1, -0.05) is 23.2 Å².